The summed E-state index contributed by atoms with van der Waals surface area (Å²) in [6, 6.07) is 15.5. The third-order valence-electron chi connectivity index (χ3n) is 7.60. The zero-order valence-electron chi connectivity index (χ0n) is 24.8. The van der Waals surface area contributed by atoms with E-state index < -0.39 is 12.1 Å². The third-order valence-corrected chi connectivity index (χ3v) is 7.60. The van der Waals surface area contributed by atoms with Crippen LogP contribution in [0.1, 0.15) is 75.4 Å². The van der Waals surface area contributed by atoms with Crippen molar-refractivity contribution in [2.45, 2.75) is 91.0 Å². The Kier molecular flexibility index (Phi) is 11.6. The second-order valence-electron chi connectivity index (χ2n) is 11.8. The SMILES string of the molecule is CCc1cn(CCOC)c2ccc(C(=O)N[C@@H](Cc3ccccc3)[C@H](O)CNC(C)(C)CCCC(C)C)cc12. The van der Waals surface area contributed by atoms with Gasteiger partial charge in [0.2, 0.25) is 0 Å². The maximum atomic E-state index is 13.5. The number of fused-ring (bicyclic) bond motifs is 1. The average molecular weight is 536 g/mol. The van der Waals surface area contributed by atoms with E-state index in [1.165, 1.54) is 12.0 Å². The zero-order chi connectivity index (χ0) is 28.4. The van der Waals surface area contributed by atoms with Crippen LogP contribution in [0.4, 0.5) is 0 Å². The Morgan fingerprint density at radius 1 is 1.13 bits per heavy atom. The molecule has 39 heavy (non-hydrogen) atoms. The first kappa shape index (κ1) is 30.9. The topological polar surface area (TPSA) is 75.5 Å². The van der Waals surface area contributed by atoms with E-state index in [0.29, 0.717) is 31.1 Å². The van der Waals surface area contributed by atoms with Crippen LogP contribution in [-0.4, -0.2) is 53.5 Å². The first-order chi connectivity index (χ1) is 18.6. The molecule has 3 rings (SSSR count). The Labute approximate surface area is 235 Å². The van der Waals surface area contributed by atoms with E-state index in [4.69, 9.17) is 4.74 Å². The van der Waals surface area contributed by atoms with Gasteiger partial charge in [0.25, 0.3) is 5.91 Å². The molecular formula is C33H49N3O3. The van der Waals surface area contributed by atoms with Crippen LogP contribution in [0.5, 0.6) is 0 Å². The molecule has 0 bridgehead atoms. The van der Waals surface area contributed by atoms with Crippen LogP contribution in [-0.2, 0) is 24.1 Å². The zero-order valence-corrected chi connectivity index (χ0v) is 24.8. The normalized spacial score (nSPS) is 13.6. The molecule has 214 valence electrons. The predicted molar refractivity (Wildman–Crippen MR) is 161 cm³/mol. The highest BCUT2D eigenvalue weighted by atomic mass is 16.5. The Balaban J connectivity index is 1.75. The number of aromatic nitrogens is 1. The molecule has 3 aromatic rings. The fourth-order valence-corrected chi connectivity index (χ4v) is 5.14. The molecule has 6 nitrogen and oxygen atoms in total. The number of nitrogens with one attached hydrogen (secondary N) is 2. The molecular weight excluding hydrogens is 486 g/mol. The molecule has 1 amide bonds. The first-order valence-electron chi connectivity index (χ1n) is 14.5. The van der Waals surface area contributed by atoms with Crippen LogP contribution in [0.25, 0.3) is 10.9 Å². The van der Waals surface area contributed by atoms with Crippen molar-refractivity contribution in [1.82, 2.24) is 15.2 Å². The number of methoxy groups -OCH3 is 1. The molecule has 2 aromatic carbocycles. The predicted octanol–water partition coefficient (Wildman–Crippen LogP) is 5.75. The van der Waals surface area contributed by atoms with E-state index in [9.17, 15) is 9.90 Å². The monoisotopic (exact) mass is 535 g/mol. The van der Waals surface area contributed by atoms with Crippen molar-refractivity contribution in [2.24, 2.45) is 5.92 Å². The average Bonchev–Trinajstić information content (AvgIpc) is 3.27. The van der Waals surface area contributed by atoms with Crippen LogP contribution in [0.2, 0.25) is 0 Å². The summed E-state index contributed by atoms with van der Waals surface area (Å²) >= 11 is 0. The van der Waals surface area contributed by atoms with Crippen molar-refractivity contribution in [1.29, 1.82) is 0 Å². The van der Waals surface area contributed by atoms with E-state index in [1.54, 1.807) is 7.11 Å². The number of carbonyl (C=O) groups is 1. The Morgan fingerprint density at radius 2 is 1.87 bits per heavy atom. The molecule has 0 fully saturated rings. The number of aliphatic hydroxyl groups excluding tert-OH is 1. The number of β-amino-alcohol motifs (C(OH)–C–C–N with tert-alkyl or cyclic N) is 1. The summed E-state index contributed by atoms with van der Waals surface area (Å²) in [6.07, 6.45) is 6.24. The standard InChI is InChI=1S/C33H49N3O3/c1-7-26-23-36(18-19-39-6)30-16-15-27(21-28(26)30)32(38)35-29(20-25-13-9-8-10-14-25)31(37)22-34-33(4,5)17-11-12-24(2)3/h8-10,13-16,21,23-24,29,31,34,37H,7,11-12,17-20,22H2,1-6H3,(H,35,38)/t29-,31+/m0/s1. The van der Waals surface area contributed by atoms with Crippen LogP contribution in [0, 0.1) is 5.92 Å². The van der Waals surface area contributed by atoms with E-state index in [0.717, 1.165) is 42.3 Å². The minimum atomic E-state index is -0.733. The van der Waals surface area contributed by atoms with Crippen molar-refractivity contribution in [3.63, 3.8) is 0 Å². The fourth-order valence-electron chi connectivity index (χ4n) is 5.14. The second kappa shape index (κ2) is 14.6. The van der Waals surface area contributed by atoms with Gasteiger partial charge in [-0.05, 0) is 68.4 Å². The summed E-state index contributed by atoms with van der Waals surface area (Å²) in [5.41, 5.74) is 3.91. The minimum absolute atomic E-state index is 0.0886. The Hall–Kier alpha value is -2.67. The summed E-state index contributed by atoms with van der Waals surface area (Å²) in [4.78, 5) is 13.5. The van der Waals surface area contributed by atoms with Gasteiger partial charge in [0.15, 0.2) is 0 Å². The van der Waals surface area contributed by atoms with Crippen molar-refractivity contribution in [2.75, 3.05) is 20.3 Å². The maximum Gasteiger partial charge on any atom is 0.251 e. The number of aryl methyl sites for hydroxylation is 1. The number of carbonyl (C=O) groups excluding carboxylic acids is 1. The van der Waals surface area contributed by atoms with Gasteiger partial charge >= 0.3 is 0 Å². The maximum absolute atomic E-state index is 13.5. The third kappa shape index (κ3) is 9.20. The fraction of sp³-hybridized carbons (Fsp3) is 0.545. The van der Waals surface area contributed by atoms with E-state index in [-0.39, 0.29) is 11.4 Å². The van der Waals surface area contributed by atoms with E-state index >= 15 is 0 Å². The Bertz CT molecular complexity index is 1170. The first-order valence-corrected chi connectivity index (χ1v) is 14.5. The number of hydrogen-bond acceptors (Lipinski definition) is 4. The number of amides is 1. The number of rotatable bonds is 16. The van der Waals surface area contributed by atoms with Gasteiger partial charge in [-0.1, -0.05) is 63.9 Å². The van der Waals surface area contributed by atoms with Gasteiger partial charge in [-0.2, -0.15) is 0 Å². The highest BCUT2D eigenvalue weighted by molar-refractivity contribution is 5.99. The molecule has 1 aromatic heterocycles. The smallest absolute Gasteiger partial charge is 0.251 e. The van der Waals surface area contributed by atoms with Gasteiger partial charge in [0, 0.05) is 48.4 Å². The highest BCUT2D eigenvalue weighted by Gasteiger charge is 2.26. The van der Waals surface area contributed by atoms with Gasteiger partial charge in [-0.25, -0.2) is 0 Å². The van der Waals surface area contributed by atoms with Crippen LogP contribution in [0.15, 0.2) is 54.7 Å². The lowest BCUT2D eigenvalue weighted by Gasteiger charge is -2.31. The van der Waals surface area contributed by atoms with Gasteiger partial charge in [0.05, 0.1) is 18.8 Å². The number of nitrogens with zero attached hydrogens (tertiary/aromatic N) is 1. The van der Waals surface area contributed by atoms with Gasteiger partial charge < -0.3 is 25.0 Å². The molecule has 0 saturated carbocycles. The van der Waals surface area contributed by atoms with E-state index in [2.05, 4.69) is 56.0 Å². The lowest BCUT2D eigenvalue weighted by molar-refractivity contribution is 0.0812. The van der Waals surface area contributed by atoms with Gasteiger partial charge in [-0.3, -0.25) is 4.79 Å². The van der Waals surface area contributed by atoms with E-state index in [1.807, 2.05) is 48.5 Å². The second-order valence-corrected chi connectivity index (χ2v) is 11.8. The molecule has 0 aliphatic heterocycles. The van der Waals surface area contributed by atoms with Crippen molar-refractivity contribution in [3.05, 3.63) is 71.4 Å². The van der Waals surface area contributed by atoms with Crippen LogP contribution in [0.3, 0.4) is 0 Å². The van der Waals surface area contributed by atoms with Crippen LogP contribution >= 0.6 is 0 Å². The largest absolute Gasteiger partial charge is 0.390 e. The highest BCUT2D eigenvalue weighted by Crippen LogP contribution is 2.24. The molecule has 0 saturated heterocycles. The molecule has 0 aliphatic carbocycles. The quantitative estimate of drug-likeness (QED) is 0.218. The Morgan fingerprint density at radius 3 is 2.54 bits per heavy atom. The molecule has 0 aliphatic rings. The van der Waals surface area contributed by atoms with Crippen LogP contribution < -0.4 is 10.6 Å². The minimum Gasteiger partial charge on any atom is -0.390 e. The molecule has 0 spiro atoms. The number of hydrogen-bond donors (Lipinski definition) is 3. The summed E-state index contributed by atoms with van der Waals surface area (Å²) in [5.74, 6) is 0.521. The molecule has 0 radical (unpaired) electrons. The number of aliphatic hydroxyl groups is 1. The van der Waals surface area contributed by atoms with Crippen molar-refractivity contribution < 1.29 is 14.6 Å². The molecule has 0 unspecified atom stereocenters. The van der Waals surface area contributed by atoms with Crippen molar-refractivity contribution in [3.8, 4) is 0 Å². The molecule has 1 heterocycles. The summed E-state index contributed by atoms with van der Waals surface area (Å²) in [6.45, 7) is 12.8. The summed E-state index contributed by atoms with van der Waals surface area (Å²) in [7, 11) is 1.71. The number of benzene rings is 2. The van der Waals surface area contributed by atoms with Gasteiger partial charge in [0.1, 0.15) is 0 Å². The molecule has 2 atom stereocenters. The summed E-state index contributed by atoms with van der Waals surface area (Å²) < 4.78 is 7.46. The molecule has 3 N–H and O–H groups in total. The summed E-state index contributed by atoms with van der Waals surface area (Å²) in [5, 5.41) is 19.1. The van der Waals surface area contributed by atoms with Gasteiger partial charge in [-0.15, -0.1) is 0 Å². The number of ether oxygens (including phenoxy) is 1. The molecule has 6 heteroatoms. The lowest BCUT2D eigenvalue weighted by atomic mass is 9.93. The van der Waals surface area contributed by atoms with Crippen molar-refractivity contribution >= 4 is 16.8 Å². The lowest BCUT2D eigenvalue weighted by Crippen LogP contribution is -2.52.